The fourth-order valence-corrected chi connectivity index (χ4v) is 1.81. The molecule has 3 nitrogen and oxygen atoms in total. The van der Waals surface area contributed by atoms with Crippen LogP contribution in [0.15, 0.2) is 45.6 Å². The van der Waals surface area contributed by atoms with E-state index in [4.69, 9.17) is 4.42 Å². The van der Waals surface area contributed by atoms with Gasteiger partial charge in [0.05, 0.1) is 0 Å². The van der Waals surface area contributed by atoms with Crippen LogP contribution in [0.4, 0.5) is 0 Å². The summed E-state index contributed by atoms with van der Waals surface area (Å²) >= 11 is 0. The predicted octanol–water partition coefficient (Wildman–Crippen LogP) is 2.60. The summed E-state index contributed by atoms with van der Waals surface area (Å²) in [4.78, 5) is 15.8. The van der Waals surface area contributed by atoms with Crippen LogP contribution in [0.1, 0.15) is 5.56 Å². The van der Waals surface area contributed by atoms with Gasteiger partial charge >= 0.3 is 0 Å². The second-order valence-electron chi connectivity index (χ2n) is 3.77. The van der Waals surface area contributed by atoms with Crippen LogP contribution in [0.25, 0.3) is 22.6 Å². The normalized spacial score (nSPS) is 11.1. The maximum atomic E-state index is 11.4. The van der Waals surface area contributed by atoms with Crippen LogP contribution < -0.4 is 5.43 Å². The maximum Gasteiger partial charge on any atom is 0.182 e. The highest BCUT2D eigenvalue weighted by Crippen LogP contribution is 2.25. The van der Waals surface area contributed by atoms with Gasteiger partial charge in [-0.15, -0.1) is 0 Å². The molecule has 78 valence electrons. The van der Waals surface area contributed by atoms with Crippen molar-refractivity contribution in [3.8, 4) is 11.5 Å². The van der Waals surface area contributed by atoms with E-state index in [1.165, 1.54) is 6.07 Å². The molecule has 0 aromatic heterocycles. The van der Waals surface area contributed by atoms with Gasteiger partial charge in [-0.05, 0) is 30.7 Å². The van der Waals surface area contributed by atoms with Gasteiger partial charge in [0.2, 0.25) is 0 Å². The van der Waals surface area contributed by atoms with Crippen molar-refractivity contribution in [2.45, 2.75) is 6.92 Å². The summed E-state index contributed by atoms with van der Waals surface area (Å²) in [6, 6.07) is 10.6. The molecule has 0 saturated heterocycles. The Morgan fingerprint density at radius 2 is 2.00 bits per heavy atom. The number of benzene rings is 2. The third-order valence-corrected chi connectivity index (χ3v) is 2.56. The maximum absolute atomic E-state index is 11.4. The Morgan fingerprint density at radius 3 is 2.88 bits per heavy atom. The third kappa shape index (κ3) is 1.29. The van der Waals surface area contributed by atoms with Crippen molar-refractivity contribution in [2.75, 3.05) is 0 Å². The Kier molecular flexibility index (Phi) is 1.80. The topological polar surface area (TPSA) is 43.1 Å². The average molecular weight is 211 g/mol. The molecule has 1 aromatic carbocycles. The van der Waals surface area contributed by atoms with E-state index >= 15 is 0 Å². The van der Waals surface area contributed by atoms with Crippen LogP contribution in [0.5, 0.6) is 0 Å². The molecule has 1 aliphatic heterocycles. The average Bonchev–Trinajstić information content (AvgIpc) is 2.27. The molecule has 0 N–H and O–H groups in total. The van der Waals surface area contributed by atoms with Gasteiger partial charge in [-0.25, -0.2) is 4.98 Å². The number of para-hydroxylation sites is 2. The Hall–Kier alpha value is -2.16. The van der Waals surface area contributed by atoms with Crippen molar-refractivity contribution < 1.29 is 4.42 Å². The van der Waals surface area contributed by atoms with Crippen LogP contribution in [0.2, 0.25) is 0 Å². The van der Waals surface area contributed by atoms with Gasteiger partial charge in [-0.3, -0.25) is 4.79 Å². The van der Waals surface area contributed by atoms with E-state index < -0.39 is 0 Å². The largest absolute Gasteiger partial charge is 0.453 e. The lowest BCUT2D eigenvalue weighted by molar-refractivity contribution is 0.611. The molecule has 3 rings (SSSR count). The van der Waals surface area contributed by atoms with Crippen LogP contribution in [0.3, 0.4) is 0 Å². The minimum absolute atomic E-state index is 0.0502. The van der Waals surface area contributed by atoms with Gasteiger partial charge in [-0.1, -0.05) is 12.1 Å². The Morgan fingerprint density at radius 1 is 1.19 bits per heavy atom. The SMILES string of the molecule is Cc1cc(=O)cc2oc3ccccc3nc1-2. The molecule has 16 heavy (non-hydrogen) atoms. The summed E-state index contributed by atoms with van der Waals surface area (Å²) in [6.45, 7) is 1.86. The molecular formula is C13H9NO2. The van der Waals surface area contributed by atoms with E-state index in [2.05, 4.69) is 4.98 Å². The number of rotatable bonds is 0. The van der Waals surface area contributed by atoms with E-state index in [1.54, 1.807) is 6.07 Å². The second-order valence-corrected chi connectivity index (χ2v) is 3.77. The van der Waals surface area contributed by atoms with Crippen molar-refractivity contribution in [3.05, 3.63) is 52.2 Å². The van der Waals surface area contributed by atoms with Gasteiger partial charge in [-0.2, -0.15) is 0 Å². The summed E-state index contributed by atoms with van der Waals surface area (Å²) in [7, 11) is 0. The lowest BCUT2D eigenvalue weighted by Gasteiger charge is -2.07. The Labute approximate surface area is 91.7 Å². The van der Waals surface area contributed by atoms with Gasteiger partial charge < -0.3 is 4.42 Å². The highest BCUT2D eigenvalue weighted by Gasteiger charge is 2.11. The standard InChI is InChI=1S/C13H9NO2/c1-8-6-9(15)7-12-13(8)14-10-4-2-3-5-11(10)16-12/h2-7H,1H3. The zero-order chi connectivity index (χ0) is 11.1. The van der Waals surface area contributed by atoms with Crippen LogP contribution in [-0.2, 0) is 0 Å². The molecule has 1 aliphatic carbocycles. The van der Waals surface area contributed by atoms with Gasteiger partial charge in [0.25, 0.3) is 0 Å². The number of hydrogen-bond acceptors (Lipinski definition) is 3. The minimum Gasteiger partial charge on any atom is -0.453 e. The van der Waals surface area contributed by atoms with Crippen molar-refractivity contribution in [2.24, 2.45) is 0 Å². The molecular weight excluding hydrogens is 202 g/mol. The molecule has 0 radical (unpaired) electrons. The van der Waals surface area contributed by atoms with Crippen LogP contribution in [0, 0.1) is 6.92 Å². The van der Waals surface area contributed by atoms with Crippen molar-refractivity contribution in [1.82, 2.24) is 4.98 Å². The van der Waals surface area contributed by atoms with Crippen molar-refractivity contribution in [1.29, 1.82) is 0 Å². The quantitative estimate of drug-likeness (QED) is 0.537. The van der Waals surface area contributed by atoms with E-state index in [9.17, 15) is 4.79 Å². The molecule has 3 heteroatoms. The zero-order valence-electron chi connectivity index (χ0n) is 8.73. The van der Waals surface area contributed by atoms with Gasteiger partial charge in [0.15, 0.2) is 16.8 Å². The number of aryl methyl sites for hydroxylation is 1. The summed E-state index contributed by atoms with van der Waals surface area (Å²) in [5.41, 5.74) is 3.04. The number of aromatic nitrogens is 1. The molecule has 0 unspecified atom stereocenters. The fourth-order valence-electron chi connectivity index (χ4n) is 1.81. The summed E-state index contributed by atoms with van der Waals surface area (Å²) in [5, 5.41) is 0. The summed E-state index contributed by atoms with van der Waals surface area (Å²) in [6.07, 6.45) is 0. The molecule has 1 heterocycles. The van der Waals surface area contributed by atoms with Gasteiger partial charge in [0.1, 0.15) is 11.2 Å². The van der Waals surface area contributed by atoms with Crippen LogP contribution >= 0.6 is 0 Å². The predicted molar refractivity (Wildman–Crippen MR) is 61.6 cm³/mol. The first-order valence-corrected chi connectivity index (χ1v) is 5.04. The van der Waals surface area contributed by atoms with Crippen LogP contribution in [-0.4, -0.2) is 4.98 Å². The second kappa shape index (κ2) is 3.17. The van der Waals surface area contributed by atoms with Crippen molar-refractivity contribution >= 4 is 11.1 Å². The minimum atomic E-state index is -0.0502. The fraction of sp³-hybridized carbons (Fsp3) is 0.0769. The Balaban J connectivity index is 2.52. The molecule has 1 aromatic rings. The van der Waals surface area contributed by atoms with E-state index in [-0.39, 0.29) is 5.43 Å². The summed E-state index contributed by atoms with van der Waals surface area (Å²) < 4.78 is 5.65. The number of fused-ring (bicyclic) bond motifs is 2. The molecule has 0 bridgehead atoms. The zero-order valence-corrected chi connectivity index (χ0v) is 8.73. The molecule has 0 spiro atoms. The number of nitrogens with zero attached hydrogens (tertiary/aromatic N) is 1. The molecule has 0 amide bonds. The highest BCUT2D eigenvalue weighted by molar-refractivity contribution is 5.76. The van der Waals surface area contributed by atoms with E-state index in [1.807, 2.05) is 31.2 Å². The lowest BCUT2D eigenvalue weighted by atomic mass is 10.1. The van der Waals surface area contributed by atoms with Crippen molar-refractivity contribution in [3.63, 3.8) is 0 Å². The Bertz CT molecular complexity index is 700. The van der Waals surface area contributed by atoms with E-state index in [0.29, 0.717) is 11.3 Å². The molecule has 0 atom stereocenters. The first-order valence-electron chi connectivity index (χ1n) is 5.04. The summed E-state index contributed by atoms with van der Waals surface area (Å²) in [5.74, 6) is 0.545. The molecule has 0 fully saturated rings. The smallest absolute Gasteiger partial charge is 0.182 e. The molecule has 0 saturated carbocycles. The molecule has 2 aliphatic rings. The third-order valence-electron chi connectivity index (χ3n) is 2.56. The lowest BCUT2D eigenvalue weighted by Crippen LogP contribution is -2.02. The van der Waals surface area contributed by atoms with E-state index in [0.717, 1.165) is 16.8 Å². The van der Waals surface area contributed by atoms with Gasteiger partial charge in [0, 0.05) is 6.07 Å². The first-order chi connectivity index (χ1) is 7.74. The first kappa shape index (κ1) is 9.09. The highest BCUT2D eigenvalue weighted by atomic mass is 16.3. The monoisotopic (exact) mass is 211 g/mol. The number of hydrogen-bond donors (Lipinski definition) is 0.